The Bertz CT molecular complexity index is 317. The Kier molecular flexibility index (Phi) is 4.80. The third-order valence-corrected chi connectivity index (χ3v) is 2.81. The van der Waals surface area contributed by atoms with Crippen LogP contribution in [-0.2, 0) is 13.6 Å². The van der Waals surface area contributed by atoms with Gasteiger partial charge in [0.15, 0.2) is 0 Å². The first-order valence-corrected chi connectivity index (χ1v) is 5.97. The molecule has 0 aliphatic heterocycles. The van der Waals surface area contributed by atoms with Gasteiger partial charge in [0.25, 0.3) is 0 Å². The van der Waals surface area contributed by atoms with E-state index in [-0.39, 0.29) is 0 Å². The molecule has 0 spiro atoms. The van der Waals surface area contributed by atoms with Gasteiger partial charge in [-0.15, -0.1) is 0 Å². The minimum atomic E-state index is 0.572. The maximum atomic E-state index is 4.39. The summed E-state index contributed by atoms with van der Waals surface area (Å²) in [7, 11) is 6.09. The first-order valence-electron chi connectivity index (χ1n) is 5.97. The standard InChI is InChI=1S/C12H24N4/c1-6-7-10(2)13-8-11-9-14-12(15(3)4)16(11)5/h9-10,13H,6-8H2,1-5H3. The molecule has 1 aromatic rings. The summed E-state index contributed by atoms with van der Waals surface area (Å²) in [6.07, 6.45) is 4.39. The zero-order valence-electron chi connectivity index (χ0n) is 11.1. The molecule has 1 N–H and O–H groups in total. The smallest absolute Gasteiger partial charge is 0.204 e. The fraction of sp³-hybridized carbons (Fsp3) is 0.750. The number of rotatable bonds is 6. The third-order valence-electron chi connectivity index (χ3n) is 2.81. The van der Waals surface area contributed by atoms with E-state index < -0.39 is 0 Å². The molecule has 16 heavy (non-hydrogen) atoms. The fourth-order valence-corrected chi connectivity index (χ4v) is 1.83. The van der Waals surface area contributed by atoms with Gasteiger partial charge in [-0.25, -0.2) is 4.98 Å². The summed E-state index contributed by atoms with van der Waals surface area (Å²) in [6.45, 7) is 5.33. The molecule has 1 heterocycles. The van der Waals surface area contributed by atoms with Gasteiger partial charge < -0.3 is 14.8 Å². The third kappa shape index (κ3) is 3.23. The molecule has 0 amide bonds. The van der Waals surface area contributed by atoms with E-state index in [1.165, 1.54) is 18.5 Å². The van der Waals surface area contributed by atoms with Crippen LogP contribution in [0.3, 0.4) is 0 Å². The first kappa shape index (κ1) is 13.0. The molecule has 0 saturated heterocycles. The van der Waals surface area contributed by atoms with E-state index in [1.807, 2.05) is 25.2 Å². The van der Waals surface area contributed by atoms with Gasteiger partial charge in [-0.3, -0.25) is 0 Å². The molecule has 0 radical (unpaired) electrons. The molecule has 4 nitrogen and oxygen atoms in total. The highest BCUT2D eigenvalue weighted by atomic mass is 15.3. The quantitative estimate of drug-likeness (QED) is 0.799. The van der Waals surface area contributed by atoms with Gasteiger partial charge in [-0.05, 0) is 13.3 Å². The second-order valence-corrected chi connectivity index (χ2v) is 4.57. The molecule has 0 bridgehead atoms. The van der Waals surface area contributed by atoms with Crippen molar-refractivity contribution >= 4 is 5.95 Å². The van der Waals surface area contributed by atoms with Gasteiger partial charge in [0.2, 0.25) is 5.95 Å². The maximum absolute atomic E-state index is 4.39. The largest absolute Gasteiger partial charge is 0.348 e. The molecule has 1 rings (SSSR count). The number of anilines is 1. The summed E-state index contributed by atoms with van der Waals surface area (Å²) in [5.74, 6) is 1.000. The lowest BCUT2D eigenvalue weighted by molar-refractivity contribution is 0.499. The maximum Gasteiger partial charge on any atom is 0.204 e. The van der Waals surface area contributed by atoms with Crippen molar-refractivity contribution in [3.63, 3.8) is 0 Å². The Hall–Kier alpha value is -1.03. The van der Waals surface area contributed by atoms with E-state index in [1.54, 1.807) is 0 Å². The Morgan fingerprint density at radius 2 is 2.19 bits per heavy atom. The van der Waals surface area contributed by atoms with Crippen molar-refractivity contribution in [1.29, 1.82) is 0 Å². The predicted molar refractivity (Wildman–Crippen MR) is 68.7 cm³/mol. The van der Waals surface area contributed by atoms with Gasteiger partial charge in [0.1, 0.15) is 0 Å². The summed E-state index contributed by atoms with van der Waals surface area (Å²) in [6, 6.07) is 0.572. The molecule has 0 saturated carbocycles. The Morgan fingerprint density at radius 1 is 1.50 bits per heavy atom. The normalized spacial score (nSPS) is 12.8. The average Bonchev–Trinajstić information content (AvgIpc) is 2.57. The van der Waals surface area contributed by atoms with Gasteiger partial charge in [-0.2, -0.15) is 0 Å². The number of imidazole rings is 1. The zero-order chi connectivity index (χ0) is 12.1. The predicted octanol–water partition coefficient (Wildman–Crippen LogP) is 1.76. The van der Waals surface area contributed by atoms with Crippen LogP contribution >= 0.6 is 0 Å². The van der Waals surface area contributed by atoms with Gasteiger partial charge in [-0.1, -0.05) is 13.3 Å². The zero-order valence-corrected chi connectivity index (χ0v) is 11.1. The number of nitrogens with zero attached hydrogens (tertiary/aromatic N) is 3. The molecule has 1 atom stereocenters. The van der Waals surface area contributed by atoms with Gasteiger partial charge in [0.05, 0.1) is 11.9 Å². The summed E-state index contributed by atoms with van der Waals surface area (Å²) in [5.41, 5.74) is 1.23. The molecule has 1 unspecified atom stereocenters. The molecule has 0 aromatic carbocycles. The molecular formula is C12H24N4. The van der Waals surface area contributed by atoms with Crippen LogP contribution in [0.1, 0.15) is 32.4 Å². The van der Waals surface area contributed by atoms with E-state index in [2.05, 4.69) is 35.8 Å². The molecular weight excluding hydrogens is 200 g/mol. The van der Waals surface area contributed by atoms with E-state index in [9.17, 15) is 0 Å². The Morgan fingerprint density at radius 3 is 2.69 bits per heavy atom. The van der Waals surface area contributed by atoms with E-state index in [4.69, 9.17) is 0 Å². The Labute approximate surface area is 98.7 Å². The Balaban J connectivity index is 2.55. The van der Waals surface area contributed by atoms with Crippen LogP contribution in [0.15, 0.2) is 6.20 Å². The summed E-state index contributed by atoms with van der Waals surface area (Å²) >= 11 is 0. The van der Waals surface area contributed by atoms with Crippen molar-refractivity contribution in [3.8, 4) is 0 Å². The minimum Gasteiger partial charge on any atom is -0.348 e. The highest BCUT2D eigenvalue weighted by Gasteiger charge is 2.08. The number of aromatic nitrogens is 2. The van der Waals surface area contributed by atoms with Crippen LogP contribution in [0, 0.1) is 0 Å². The number of nitrogens with one attached hydrogen (secondary N) is 1. The highest BCUT2D eigenvalue weighted by molar-refractivity contribution is 5.30. The minimum absolute atomic E-state index is 0.572. The first-order chi connectivity index (χ1) is 7.56. The van der Waals surface area contributed by atoms with Crippen molar-refractivity contribution in [2.24, 2.45) is 7.05 Å². The number of hydrogen-bond acceptors (Lipinski definition) is 3. The van der Waals surface area contributed by atoms with Crippen LogP contribution in [0.4, 0.5) is 5.95 Å². The summed E-state index contributed by atoms with van der Waals surface area (Å²) in [4.78, 5) is 6.41. The van der Waals surface area contributed by atoms with Crippen LogP contribution in [0.5, 0.6) is 0 Å². The van der Waals surface area contributed by atoms with Crippen LogP contribution in [0.2, 0.25) is 0 Å². The topological polar surface area (TPSA) is 33.1 Å². The summed E-state index contributed by atoms with van der Waals surface area (Å²) < 4.78 is 2.13. The molecule has 0 aliphatic rings. The van der Waals surface area contributed by atoms with Crippen LogP contribution in [0.25, 0.3) is 0 Å². The lowest BCUT2D eigenvalue weighted by Gasteiger charge is -2.15. The van der Waals surface area contributed by atoms with Gasteiger partial charge >= 0.3 is 0 Å². The average molecular weight is 224 g/mol. The molecule has 92 valence electrons. The van der Waals surface area contributed by atoms with Crippen molar-refractivity contribution in [3.05, 3.63) is 11.9 Å². The summed E-state index contributed by atoms with van der Waals surface area (Å²) in [5, 5.41) is 3.51. The SMILES string of the molecule is CCCC(C)NCc1cnc(N(C)C)n1C. The molecule has 4 heteroatoms. The van der Waals surface area contributed by atoms with E-state index in [0.29, 0.717) is 6.04 Å². The van der Waals surface area contributed by atoms with Gasteiger partial charge in [0, 0.05) is 33.7 Å². The second kappa shape index (κ2) is 5.89. The monoisotopic (exact) mass is 224 g/mol. The lowest BCUT2D eigenvalue weighted by atomic mass is 10.2. The van der Waals surface area contributed by atoms with E-state index in [0.717, 1.165) is 12.5 Å². The molecule has 0 aliphatic carbocycles. The molecule has 0 fully saturated rings. The van der Waals surface area contributed by atoms with Crippen LogP contribution in [-0.4, -0.2) is 29.7 Å². The highest BCUT2D eigenvalue weighted by Crippen LogP contribution is 2.10. The van der Waals surface area contributed by atoms with Crippen molar-refractivity contribution in [2.45, 2.75) is 39.3 Å². The number of hydrogen-bond donors (Lipinski definition) is 1. The van der Waals surface area contributed by atoms with Crippen molar-refractivity contribution < 1.29 is 0 Å². The van der Waals surface area contributed by atoms with E-state index >= 15 is 0 Å². The fourth-order valence-electron chi connectivity index (χ4n) is 1.83. The van der Waals surface area contributed by atoms with Crippen molar-refractivity contribution in [2.75, 3.05) is 19.0 Å². The lowest BCUT2D eigenvalue weighted by Crippen LogP contribution is -2.26. The van der Waals surface area contributed by atoms with Crippen LogP contribution < -0.4 is 10.2 Å². The van der Waals surface area contributed by atoms with Crippen molar-refractivity contribution in [1.82, 2.24) is 14.9 Å². The molecule has 1 aromatic heterocycles. The second-order valence-electron chi connectivity index (χ2n) is 4.57.